The number of hydrogen-bond acceptors (Lipinski definition) is 6. The minimum Gasteiger partial charge on any atom is -0.349 e. The summed E-state index contributed by atoms with van der Waals surface area (Å²) in [6.45, 7) is 1.86. The molecule has 1 fully saturated rings. The lowest BCUT2D eigenvalue weighted by Crippen LogP contribution is -2.41. The molecular formula is C22H25FN6O3S. The van der Waals surface area contributed by atoms with Gasteiger partial charge in [0.1, 0.15) is 5.82 Å². The van der Waals surface area contributed by atoms with E-state index in [1.807, 2.05) is 6.92 Å². The maximum atomic E-state index is 13.1. The Bertz CT molecular complexity index is 1180. The molecule has 0 radical (unpaired) electrons. The lowest BCUT2D eigenvalue weighted by Gasteiger charge is -2.29. The van der Waals surface area contributed by atoms with E-state index in [1.165, 1.54) is 24.3 Å². The molecule has 0 saturated heterocycles. The number of nitrogens with zero attached hydrogens (tertiary/aromatic N) is 3. The first kappa shape index (κ1) is 23.0. The third-order valence-corrected chi connectivity index (χ3v) is 7.47. The van der Waals surface area contributed by atoms with E-state index in [0.29, 0.717) is 37.1 Å². The average molecular weight is 473 g/mol. The van der Waals surface area contributed by atoms with Crippen LogP contribution < -0.4 is 10.0 Å². The maximum Gasteiger partial charge on any atom is 0.240 e. The highest BCUT2D eigenvalue weighted by atomic mass is 32.2. The third-order valence-electron chi connectivity index (χ3n) is 5.93. The molecule has 9 nitrogen and oxygen atoms in total. The number of carbonyl (C=O) groups is 1. The van der Waals surface area contributed by atoms with Gasteiger partial charge in [0.05, 0.1) is 10.9 Å². The predicted octanol–water partition coefficient (Wildman–Crippen LogP) is 2.72. The Labute approximate surface area is 191 Å². The van der Waals surface area contributed by atoms with Crippen LogP contribution in [0.3, 0.4) is 0 Å². The standard InChI is InChI=1S/C22H25FN6O3S/c1-14(15-2-8-18(23)9-3-15)24-22(30)17-4-10-19(11-5-17)27-33(31,32)20-12-6-16(7-13-20)21-25-28-29-26-21/h2-3,6-9,12-14,17,19,27H,4-5,10-11H2,1H3,(H,24,30)(H,25,26,28,29)/t14-,17-,19-/m1/s1. The second-order valence-electron chi connectivity index (χ2n) is 8.23. The van der Waals surface area contributed by atoms with Crippen molar-refractivity contribution in [3.05, 3.63) is 59.9 Å². The Kier molecular flexibility index (Phi) is 6.80. The fourth-order valence-electron chi connectivity index (χ4n) is 4.00. The zero-order chi connectivity index (χ0) is 23.4. The zero-order valence-electron chi connectivity index (χ0n) is 18.0. The van der Waals surface area contributed by atoms with Gasteiger partial charge in [-0.15, -0.1) is 5.10 Å². The number of benzene rings is 2. The molecular weight excluding hydrogens is 447 g/mol. The molecule has 1 atom stereocenters. The fourth-order valence-corrected chi connectivity index (χ4v) is 5.31. The molecule has 4 rings (SSSR count). The van der Waals surface area contributed by atoms with Crippen molar-refractivity contribution < 1.29 is 17.6 Å². The minimum atomic E-state index is -3.68. The number of amides is 1. The Hall–Kier alpha value is -3.18. The van der Waals surface area contributed by atoms with E-state index in [0.717, 1.165) is 5.56 Å². The van der Waals surface area contributed by atoms with Crippen LogP contribution in [0.2, 0.25) is 0 Å². The number of H-pyrrole nitrogens is 1. The van der Waals surface area contributed by atoms with Crippen LogP contribution in [0.5, 0.6) is 0 Å². The van der Waals surface area contributed by atoms with Crippen LogP contribution in [0.1, 0.15) is 44.2 Å². The molecule has 1 saturated carbocycles. The van der Waals surface area contributed by atoms with Crippen molar-refractivity contribution in [3.8, 4) is 11.4 Å². The Morgan fingerprint density at radius 2 is 1.73 bits per heavy atom. The molecule has 3 N–H and O–H groups in total. The number of aromatic amines is 1. The summed E-state index contributed by atoms with van der Waals surface area (Å²) in [4.78, 5) is 12.8. The summed E-state index contributed by atoms with van der Waals surface area (Å²) in [7, 11) is -3.68. The van der Waals surface area contributed by atoms with Crippen molar-refractivity contribution in [2.45, 2.75) is 49.6 Å². The maximum absolute atomic E-state index is 13.1. The van der Waals surface area contributed by atoms with Crippen LogP contribution in [-0.4, -0.2) is 41.0 Å². The van der Waals surface area contributed by atoms with Crippen molar-refractivity contribution in [3.63, 3.8) is 0 Å². The Morgan fingerprint density at radius 1 is 1.06 bits per heavy atom. The SMILES string of the molecule is C[C@@H](NC(=O)[C@H]1CC[C@H](NS(=O)(=O)c2ccc(-c3nnn[nH]3)cc2)CC1)c1ccc(F)cc1. The molecule has 11 heteroatoms. The molecule has 174 valence electrons. The van der Waals surface area contributed by atoms with Gasteiger partial charge in [-0.2, -0.15) is 0 Å². The number of tetrazole rings is 1. The molecule has 1 aliphatic carbocycles. The topological polar surface area (TPSA) is 130 Å². The molecule has 1 aromatic heterocycles. The molecule has 0 bridgehead atoms. The van der Waals surface area contributed by atoms with Crippen molar-refractivity contribution in [1.82, 2.24) is 30.7 Å². The summed E-state index contributed by atoms with van der Waals surface area (Å²) in [6, 6.07) is 11.9. The predicted molar refractivity (Wildman–Crippen MR) is 119 cm³/mol. The molecule has 2 aromatic carbocycles. The quantitative estimate of drug-likeness (QED) is 0.485. The summed E-state index contributed by atoms with van der Waals surface area (Å²) < 4.78 is 41.4. The van der Waals surface area contributed by atoms with Crippen LogP contribution in [0.4, 0.5) is 4.39 Å². The molecule has 0 aliphatic heterocycles. The number of hydrogen-bond donors (Lipinski definition) is 3. The van der Waals surface area contributed by atoms with E-state index < -0.39 is 10.0 Å². The lowest BCUT2D eigenvalue weighted by atomic mass is 9.85. The lowest BCUT2D eigenvalue weighted by molar-refractivity contribution is -0.126. The summed E-state index contributed by atoms with van der Waals surface area (Å²) in [5.74, 6) is -0.104. The number of halogens is 1. The Morgan fingerprint density at radius 3 is 2.33 bits per heavy atom. The van der Waals surface area contributed by atoms with E-state index in [1.54, 1.807) is 24.3 Å². The number of carbonyl (C=O) groups excluding carboxylic acids is 1. The van der Waals surface area contributed by atoms with Gasteiger partial charge in [-0.25, -0.2) is 22.6 Å². The first-order valence-electron chi connectivity index (χ1n) is 10.7. The monoisotopic (exact) mass is 472 g/mol. The minimum absolute atomic E-state index is 0.0642. The van der Waals surface area contributed by atoms with Crippen molar-refractivity contribution in [2.75, 3.05) is 0 Å². The van der Waals surface area contributed by atoms with Gasteiger partial charge in [-0.3, -0.25) is 4.79 Å². The van der Waals surface area contributed by atoms with Crippen molar-refractivity contribution in [1.29, 1.82) is 0 Å². The van der Waals surface area contributed by atoms with Crippen LogP contribution >= 0.6 is 0 Å². The van der Waals surface area contributed by atoms with Gasteiger partial charge in [-0.1, -0.05) is 12.1 Å². The summed E-state index contributed by atoms with van der Waals surface area (Å²) in [5, 5.41) is 16.4. The van der Waals surface area contributed by atoms with Gasteiger partial charge in [0, 0.05) is 17.5 Å². The molecule has 0 spiro atoms. The fraction of sp³-hybridized carbons (Fsp3) is 0.364. The number of sulfonamides is 1. The van der Waals surface area contributed by atoms with Gasteiger partial charge in [0.2, 0.25) is 15.9 Å². The van der Waals surface area contributed by atoms with E-state index in [4.69, 9.17) is 0 Å². The molecule has 33 heavy (non-hydrogen) atoms. The van der Waals surface area contributed by atoms with E-state index in [2.05, 4.69) is 30.7 Å². The third kappa shape index (κ3) is 5.60. The summed E-state index contributed by atoms with van der Waals surface area (Å²) in [5.41, 5.74) is 1.51. The second kappa shape index (κ2) is 9.75. The van der Waals surface area contributed by atoms with Crippen LogP contribution in [0.15, 0.2) is 53.4 Å². The van der Waals surface area contributed by atoms with E-state index in [9.17, 15) is 17.6 Å². The first-order chi connectivity index (χ1) is 15.8. The molecule has 1 aliphatic rings. The summed E-state index contributed by atoms with van der Waals surface area (Å²) >= 11 is 0. The van der Waals surface area contributed by atoms with Crippen LogP contribution in [0.25, 0.3) is 11.4 Å². The second-order valence-corrected chi connectivity index (χ2v) is 9.94. The normalized spacial score (nSPS) is 19.7. The number of aromatic nitrogens is 4. The molecule has 1 heterocycles. The van der Waals surface area contributed by atoms with Crippen LogP contribution in [-0.2, 0) is 14.8 Å². The first-order valence-corrected chi connectivity index (χ1v) is 12.2. The average Bonchev–Trinajstić information content (AvgIpc) is 3.35. The van der Waals surface area contributed by atoms with Gasteiger partial charge >= 0.3 is 0 Å². The van der Waals surface area contributed by atoms with Gasteiger partial charge in [0.15, 0.2) is 5.82 Å². The molecule has 1 amide bonds. The number of nitrogens with one attached hydrogen (secondary N) is 3. The van der Waals surface area contributed by atoms with Gasteiger partial charge in [-0.05, 0) is 85.0 Å². The molecule has 0 unspecified atom stereocenters. The summed E-state index contributed by atoms with van der Waals surface area (Å²) in [6.07, 6.45) is 2.33. The highest BCUT2D eigenvalue weighted by Gasteiger charge is 2.29. The molecule has 3 aromatic rings. The van der Waals surface area contributed by atoms with Crippen molar-refractivity contribution >= 4 is 15.9 Å². The van der Waals surface area contributed by atoms with Gasteiger partial charge in [0.25, 0.3) is 0 Å². The zero-order valence-corrected chi connectivity index (χ0v) is 18.8. The smallest absolute Gasteiger partial charge is 0.240 e. The van der Waals surface area contributed by atoms with E-state index in [-0.39, 0.29) is 34.6 Å². The van der Waals surface area contributed by atoms with Crippen LogP contribution in [0, 0.1) is 11.7 Å². The highest BCUT2D eigenvalue weighted by Crippen LogP contribution is 2.27. The van der Waals surface area contributed by atoms with Crippen molar-refractivity contribution in [2.24, 2.45) is 5.92 Å². The highest BCUT2D eigenvalue weighted by molar-refractivity contribution is 7.89. The Balaban J connectivity index is 1.29. The van der Waals surface area contributed by atoms with E-state index >= 15 is 0 Å². The van der Waals surface area contributed by atoms with Gasteiger partial charge < -0.3 is 5.32 Å². The number of rotatable bonds is 7. The largest absolute Gasteiger partial charge is 0.349 e.